The van der Waals surface area contributed by atoms with Gasteiger partial charge in [0.1, 0.15) is 11.3 Å². The van der Waals surface area contributed by atoms with Gasteiger partial charge in [0.15, 0.2) is 5.82 Å². The standard InChI is InChI=1S/C13H18N4O3/c1-3-4-5-14-10-9(13(19)20)7(2)16-12-11(10)17-8(18)6-15-12/h3-6H2,1-2H3,(H,17,18)(H,19,20)(H2,14,15,16). The molecule has 0 saturated carbocycles. The third-order valence-corrected chi connectivity index (χ3v) is 3.10. The van der Waals surface area contributed by atoms with Crippen molar-refractivity contribution in [2.24, 2.45) is 0 Å². The first-order valence-corrected chi connectivity index (χ1v) is 6.60. The van der Waals surface area contributed by atoms with Crippen LogP contribution in [0.3, 0.4) is 0 Å². The number of carbonyl (C=O) groups is 2. The molecule has 7 nitrogen and oxygen atoms in total. The van der Waals surface area contributed by atoms with Crippen molar-refractivity contribution >= 4 is 29.1 Å². The van der Waals surface area contributed by atoms with Crippen LogP contribution in [0.15, 0.2) is 0 Å². The van der Waals surface area contributed by atoms with Gasteiger partial charge in [-0.25, -0.2) is 9.78 Å². The highest BCUT2D eigenvalue weighted by molar-refractivity contribution is 6.08. The first-order chi connectivity index (χ1) is 9.54. The number of unbranched alkanes of at least 4 members (excludes halogenated alkanes) is 1. The van der Waals surface area contributed by atoms with Crippen molar-refractivity contribution in [3.63, 3.8) is 0 Å². The van der Waals surface area contributed by atoms with Gasteiger partial charge in [-0.3, -0.25) is 4.79 Å². The Balaban J connectivity index is 2.49. The molecular weight excluding hydrogens is 260 g/mol. The number of aryl methyl sites for hydroxylation is 1. The fraction of sp³-hybridized carbons (Fsp3) is 0.462. The van der Waals surface area contributed by atoms with E-state index in [1.54, 1.807) is 6.92 Å². The first kappa shape index (κ1) is 14.1. The van der Waals surface area contributed by atoms with Gasteiger partial charge in [0.05, 0.1) is 17.9 Å². The van der Waals surface area contributed by atoms with Crippen LogP contribution >= 0.6 is 0 Å². The molecule has 2 rings (SSSR count). The number of amides is 1. The number of aromatic nitrogens is 1. The van der Waals surface area contributed by atoms with Gasteiger partial charge in [0.25, 0.3) is 0 Å². The molecule has 0 aromatic carbocycles. The fourth-order valence-corrected chi connectivity index (χ4v) is 2.13. The SMILES string of the molecule is CCCCNc1c2c(nc(C)c1C(=O)O)NCC(=O)N2. The van der Waals surface area contributed by atoms with E-state index >= 15 is 0 Å². The zero-order valence-corrected chi connectivity index (χ0v) is 11.5. The van der Waals surface area contributed by atoms with E-state index < -0.39 is 5.97 Å². The number of carbonyl (C=O) groups excluding carboxylic acids is 1. The summed E-state index contributed by atoms with van der Waals surface area (Å²) in [5.74, 6) is -0.763. The van der Waals surface area contributed by atoms with Crippen LogP contribution in [0.4, 0.5) is 17.2 Å². The number of nitrogens with zero attached hydrogens (tertiary/aromatic N) is 1. The summed E-state index contributed by atoms with van der Waals surface area (Å²) in [6.07, 6.45) is 1.91. The number of rotatable bonds is 5. The lowest BCUT2D eigenvalue weighted by Crippen LogP contribution is -2.30. The largest absolute Gasteiger partial charge is 0.478 e. The van der Waals surface area contributed by atoms with Crippen molar-refractivity contribution in [3.05, 3.63) is 11.3 Å². The van der Waals surface area contributed by atoms with Gasteiger partial charge < -0.3 is 21.1 Å². The van der Waals surface area contributed by atoms with E-state index in [9.17, 15) is 14.7 Å². The smallest absolute Gasteiger partial charge is 0.339 e. The molecule has 1 amide bonds. The zero-order chi connectivity index (χ0) is 14.7. The third-order valence-electron chi connectivity index (χ3n) is 3.10. The van der Waals surface area contributed by atoms with Gasteiger partial charge in [-0.05, 0) is 13.3 Å². The Morgan fingerprint density at radius 1 is 1.50 bits per heavy atom. The maximum absolute atomic E-state index is 11.5. The Bertz CT molecular complexity index is 557. The molecule has 0 atom stereocenters. The second kappa shape index (κ2) is 5.77. The molecule has 1 aliphatic rings. The molecule has 0 unspecified atom stereocenters. The number of pyridine rings is 1. The van der Waals surface area contributed by atoms with Gasteiger partial charge in [0.2, 0.25) is 5.91 Å². The van der Waals surface area contributed by atoms with E-state index in [-0.39, 0.29) is 18.0 Å². The van der Waals surface area contributed by atoms with Crippen LogP contribution in [0.1, 0.15) is 35.8 Å². The summed E-state index contributed by atoms with van der Waals surface area (Å²) in [6, 6.07) is 0. The average molecular weight is 278 g/mol. The molecule has 7 heteroatoms. The predicted octanol–water partition coefficient (Wildman–Crippen LogP) is 1.66. The van der Waals surface area contributed by atoms with Crippen LogP contribution < -0.4 is 16.0 Å². The summed E-state index contributed by atoms with van der Waals surface area (Å²) in [5.41, 5.74) is 1.36. The molecule has 0 bridgehead atoms. The van der Waals surface area contributed by atoms with Crippen molar-refractivity contribution in [1.29, 1.82) is 0 Å². The minimum atomic E-state index is -1.06. The van der Waals surface area contributed by atoms with Gasteiger partial charge in [-0.15, -0.1) is 0 Å². The van der Waals surface area contributed by atoms with Gasteiger partial charge >= 0.3 is 5.97 Å². The van der Waals surface area contributed by atoms with E-state index in [2.05, 4.69) is 27.9 Å². The summed E-state index contributed by atoms with van der Waals surface area (Å²) >= 11 is 0. The lowest BCUT2D eigenvalue weighted by atomic mass is 10.1. The van der Waals surface area contributed by atoms with Crippen molar-refractivity contribution in [2.75, 3.05) is 29.0 Å². The molecule has 2 heterocycles. The van der Waals surface area contributed by atoms with Crippen LogP contribution in [0, 0.1) is 6.92 Å². The van der Waals surface area contributed by atoms with E-state index in [1.165, 1.54) is 0 Å². The second-order valence-electron chi connectivity index (χ2n) is 4.66. The monoisotopic (exact) mass is 278 g/mol. The molecule has 0 saturated heterocycles. The van der Waals surface area contributed by atoms with Gasteiger partial charge in [-0.2, -0.15) is 0 Å². The number of hydrogen-bond acceptors (Lipinski definition) is 5. The Hall–Kier alpha value is -2.31. The van der Waals surface area contributed by atoms with Crippen LogP contribution in [-0.4, -0.2) is 35.1 Å². The minimum absolute atomic E-state index is 0.101. The lowest BCUT2D eigenvalue weighted by molar-refractivity contribution is -0.114. The van der Waals surface area contributed by atoms with Crippen molar-refractivity contribution in [2.45, 2.75) is 26.7 Å². The molecule has 0 fully saturated rings. The molecule has 1 aliphatic heterocycles. The quantitative estimate of drug-likeness (QED) is 0.611. The van der Waals surface area contributed by atoms with Crippen LogP contribution in [0.2, 0.25) is 0 Å². The van der Waals surface area contributed by atoms with Crippen molar-refractivity contribution in [1.82, 2.24) is 4.98 Å². The van der Waals surface area contributed by atoms with E-state index in [0.717, 1.165) is 12.8 Å². The molecule has 0 spiro atoms. The number of nitrogens with one attached hydrogen (secondary N) is 3. The maximum Gasteiger partial charge on any atom is 0.339 e. The fourth-order valence-electron chi connectivity index (χ4n) is 2.13. The van der Waals surface area contributed by atoms with E-state index in [1.807, 2.05) is 0 Å². The van der Waals surface area contributed by atoms with Gasteiger partial charge in [-0.1, -0.05) is 13.3 Å². The highest BCUT2D eigenvalue weighted by atomic mass is 16.4. The normalized spacial score (nSPS) is 13.2. The predicted molar refractivity (Wildman–Crippen MR) is 76.5 cm³/mol. The number of carboxylic acid groups (broad SMARTS) is 1. The summed E-state index contributed by atoms with van der Waals surface area (Å²) in [5, 5.41) is 18.0. The van der Waals surface area contributed by atoms with Crippen LogP contribution in [0.5, 0.6) is 0 Å². The Kier molecular flexibility index (Phi) is 4.07. The lowest BCUT2D eigenvalue weighted by Gasteiger charge is -2.23. The van der Waals surface area contributed by atoms with Gasteiger partial charge in [0, 0.05) is 6.54 Å². The molecule has 0 aliphatic carbocycles. The summed E-state index contributed by atoms with van der Waals surface area (Å²) in [7, 11) is 0. The van der Waals surface area contributed by atoms with E-state index in [0.29, 0.717) is 29.4 Å². The molecular formula is C13H18N4O3. The molecule has 4 N–H and O–H groups in total. The summed E-state index contributed by atoms with van der Waals surface area (Å²) in [4.78, 5) is 27.1. The number of carboxylic acids is 1. The van der Waals surface area contributed by atoms with Crippen LogP contribution in [-0.2, 0) is 4.79 Å². The first-order valence-electron chi connectivity index (χ1n) is 6.60. The summed E-state index contributed by atoms with van der Waals surface area (Å²) < 4.78 is 0. The molecule has 108 valence electrons. The Morgan fingerprint density at radius 3 is 2.90 bits per heavy atom. The number of fused-ring (bicyclic) bond motifs is 1. The molecule has 20 heavy (non-hydrogen) atoms. The topological polar surface area (TPSA) is 103 Å². The molecule has 1 aromatic rings. The number of hydrogen-bond donors (Lipinski definition) is 4. The number of anilines is 3. The second-order valence-corrected chi connectivity index (χ2v) is 4.66. The Labute approximate surface area is 116 Å². The number of aromatic carboxylic acids is 1. The van der Waals surface area contributed by atoms with Crippen molar-refractivity contribution in [3.8, 4) is 0 Å². The molecule has 1 aromatic heterocycles. The average Bonchev–Trinajstić information content (AvgIpc) is 2.39. The minimum Gasteiger partial charge on any atom is -0.478 e. The third kappa shape index (κ3) is 2.66. The highest BCUT2D eigenvalue weighted by Gasteiger charge is 2.26. The molecule has 0 radical (unpaired) electrons. The Morgan fingerprint density at radius 2 is 2.25 bits per heavy atom. The zero-order valence-electron chi connectivity index (χ0n) is 11.5. The highest BCUT2D eigenvalue weighted by Crippen LogP contribution is 2.35. The maximum atomic E-state index is 11.5. The summed E-state index contributed by atoms with van der Waals surface area (Å²) in [6.45, 7) is 4.48. The van der Waals surface area contributed by atoms with Crippen molar-refractivity contribution < 1.29 is 14.7 Å². The van der Waals surface area contributed by atoms with Crippen LogP contribution in [0.25, 0.3) is 0 Å². The van der Waals surface area contributed by atoms with E-state index in [4.69, 9.17) is 0 Å².